The summed E-state index contributed by atoms with van der Waals surface area (Å²) in [4.78, 5) is 0. The molecule has 1 aromatic rings. The fourth-order valence-corrected chi connectivity index (χ4v) is 1.61. The Bertz CT molecular complexity index is 287. The minimum atomic E-state index is 0. The Hall–Kier alpha value is -0.380. The first kappa shape index (κ1) is 13.6. The van der Waals surface area contributed by atoms with Crippen molar-refractivity contribution in [2.24, 2.45) is 5.73 Å². The van der Waals surface area contributed by atoms with Gasteiger partial charge < -0.3 is 5.73 Å². The van der Waals surface area contributed by atoms with E-state index in [4.69, 9.17) is 22.7 Å². The van der Waals surface area contributed by atoms with Crippen LogP contribution in [0.15, 0.2) is 24.3 Å². The molecule has 78 valence electrons. The first-order valence-corrected chi connectivity index (χ1v) is 5.26. The molecule has 0 bridgehead atoms. The van der Waals surface area contributed by atoms with E-state index in [9.17, 15) is 0 Å². The molecule has 0 atom stereocenters. The number of benzene rings is 1. The van der Waals surface area contributed by atoms with E-state index < -0.39 is 0 Å². The highest BCUT2D eigenvalue weighted by molar-refractivity contribution is 8.13. The second kappa shape index (κ2) is 6.98. The van der Waals surface area contributed by atoms with Crippen LogP contribution in [0.1, 0.15) is 5.56 Å². The minimum absolute atomic E-state index is 0. The van der Waals surface area contributed by atoms with Crippen molar-refractivity contribution in [1.29, 1.82) is 5.41 Å². The lowest BCUT2D eigenvalue weighted by atomic mass is 10.2. The van der Waals surface area contributed by atoms with Gasteiger partial charge in [-0.15, -0.1) is 12.4 Å². The number of hydrogen-bond acceptors (Lipinski definition) is 2. The lowest BCUT2D eigenvalue weighted by molar-refractivity contribution is 1.16. The summed E-state index contributed by atoms with van der Waals surface area (Å²) >= 11 is 7.10. The standard InChI is InChI=1S/C9H11ClN2S.ClH/c10-8-3-1-7(2-4-8)5-6-13-9(11)12;/h1-4H,5-6H2,(H3,11,12);1H. The first-order valence-electron chi connectivity index (χ1n) is 3.90. The molecule has 0 saturated heterocycles. The Morgan fingerprint density at radius 3 is 2.43 bits per heavy atom. The monoisotopic (exact) mass is 250 g/mol. The average Bonchev–Trinajstić information content (AvgIpc) is 2.08. The molecule has 3 N–H and O–H groups in total. The van der Waals surface area contributed by atoms with Crippen LogP contribution in [0.3, 0.4) is 0 Å². The second-order valence-corrected chi connectivity index (χ2v) is 4.16. The molecule has 0 aliphatic carbocycles. The maximum Gasteiger partial charge on any atom is 0.151 e. The molecule has 0 spiro atoms. The van der Waals surface area contributed by atoms with E-state index in [-0.39, 0.29) is 17.6 Å². The Labute approximate surface area is 99.1 Å². The number of aryl methyl sites for hydroxylation is 1. The van der Waals surface area contributed by atoms with Crippen molar-refractivity contribution in [1.82, 2.24) is 0 Å². The van der Waals surface area contributed by atoms with Crippen molar-refractivity contribution in [2.75, 3.05) is 5.75 Å². The smallest absolute Gasteiger partial charge is 0.151 e. The molecule has 1 aromatic carbocycles. The van der Waals surface area contributed by atoms with Gasteiger partial charge in [-0.3, -0.25) is 5.41 Å². The summed E-state index contributed by atoms with van der Waals surface area (Å²) in [5.74, 6) is 0.844. The number of thioether (sulfide) groups is 1. The summed E-state index contributed by atoms with van der Waals surface area (Å²) in [5.41, 5.74) is 6.43. The Morgan fingerprint density at radius 1 is 1.36 bits per heavy atom. The Kier molecular flexibility index (Phi) is 6.79. The van der Waals surface area contributed by atoms with Crippen molar-refractivity contribution < 1.29 is 0 Å². The highest BCUT2D eigenvalue weighted by Gasteiger charge is 1.94. The molecule has 14 heavy (non-hydrogen) atoms. The summed E-state index contributed by atoms with van der Waals surface area (Å²) in [7, 11) is 0. The summed E-state index contributed by atoms with van der Waals surface area (Å²) in [6.07, 6.45) is 0.918. The van der Waals surface area contributed by atoms with Gasteiger partial charge in [-0.05, 0) is 24.1 Å². The van der Waals surface area contributed by atoms with E-state index in [2.05, 4.69) is 0 Å². The number of nitrogens with one attached hydrogen (secondary N) is 1. The molecule has 0 heterocycles. The van der Waals surface area contributed by atoms with Crippen LogP contribution >= 0.6 is 35.8 Å². The number of rotatable bonds is 3. The molecule has 2 nitrogen and oxygen atoms in total. The fraction of sp³-hybridized carbons (Fsp3) is 0.222. The van der Waals surface area contributed by atoms with Gasteiger partial charge in [0.25, 0.3) is 0 Å². The second-order valence-electron chi connectivity index (χ2n) is 2.59. The third kappa shape index (κ3) is 5.37. The van der Waals surface area contributed by atoms with Gasteiger partial charge >= 0.3 is 0 Å². The van der Waals surface area contributed by atoms with E-state index in [0.29, 0.717) is 0 Å². The summed E-state index contributed by atoms with van der Waals surface area (Å²) in [6.45, 7) is 0. The lowest BCUT2D eigenvalue weighted by Gasteiger charge is -2.00. The molecule has 0 aliphatic heterocycles. The minimum Gasteiger partial charge on any atom is -0.379 e. The molecule has 0 fully saturated rings. The highest BCUT2D eigenvalue weighted by Crippen LogP contribution is 2.11. The number of nitrogens with two attached hydrogens (primary N) is 1. The van der Waals surface area contributed by atoms with Crippen LogP contribution < -0.4 is 5.73 Å². The third-order valence-electron chi connectivity index (χ3n) is 1.56. The normalized spacial score (nSPS) is 9.21. The van der Waals surface area contributed by atoms with E-state index in [1.54, 1.807) is 0 Å². The lowest BCUT2D eigenvalue weighted by Crippen LogP contribution is -2.05. The maximum absolute atomic E-state index is 7.01. The summed E-state index contributed by atoms with van der Waals surface area (Å²) in [5, 5.41) is 7.94. The van der Waals surface area contributed by atoms with Crippen molar-refractivity contribution in [3.05, 3.63) is 34.9 Å². The zero-order chi connectivity index (χ0) is 9.68. The van der Waals surface area contributed by atoms with Crippen LogP contribution in [0, 0.1) is 5.41 Å². The summed E-state index contributed by atoms with van der Waals surface area (Å²) in [6, 6.07) is 7.72. The molecule has 0 aliphatic rings. The van der Waals surface area contributed by atoms with E-state index in [1.807, 2.05) is 24.3 Å². The fourth-order valence-electron chi connectivity index (χ4n) is 0.930. The Morgan fingerprint density at radius 2 is 1.93 bits per heavy atom. The summed E-state index contributed by atoms with van der Waals surface area (Å²) < 4.78 is 0. The molecule has 0 radical (unpaired) electrons. The van der Waals surface area contributed by atoms with Crippen molar-refractivity contribution in [3.8, 4) is 0 Å². The number of hydrogen-bond donors (Lipinski definition) is 2. The molecular weight excluding hydrogens is 239 g/mol. The predicted molar refractivity (Wildman–Crippen MR) is 66.8 cm³/mol. The topological polar surface area (TPSA) is 49.9 Å². The molecule has 0 aromatic heterocycles. The largest absolute Gasteiger partial charge is 0.379 e. The quantitative estimate of drug-likeness (QED) is 0.641. The van der Waals surface area contributed by atoms with Gasteiger partial charge in [0.1, 0.15) is 0 Å². The van der Waals surface area contributed by atoms with Crippen LogP contribution in [0.4, 0.5) is 0 Å². The first-order chi connectivity index (χ1) is 6.18. The average molecular weight is 251 g/mol. The van der Waals surface area contributed by atoms with E-state index in [1.165, 1.54) is 17.3 Å². The van der Waals surface area contributed by atoms with Crippen molar-refractivity contribution in [2.45, 2.75) is 6.42 Å². The highest BCUT2D eigenvalue weighted by atomic mass is 35.5. The predicted octanol–water partition coefficient (Wildman–Crippen LogP) is 2.93. The zero-order valence-corrected chi connectivity index (χ0v) is 9.88. The van der Waals surface area contributed by atoms with Gasteiger partial charge in [0.2, 0.25) is 0 Å². The van der Waals surface area contributed by atoms with Gasteiger partial charge in [0.05, 0.1) is 0 Å². The van der Waals surface area contributed by atoms with Crippen molar-refractivity contribution in [3.63, 3.8) is 0 Å². The van der Waals surface area contributed by atoms with Crippen LogP contribution in [-0.2, 0) is 6.42 Å². The van der Waals surface area contributed by atoms with E-state index in [0.717, 1.165) is 17.2 Å². The van der Waals surface area contributed by atoms with Crippen LogP contribution in [0.5, 0.6) is 0 Å². The van der Waals surface area contributed by atoms with Crippen LogP contribution in [0.2, 0.25) is 5.02 Å². The van der Waals surface area contributed by atoms with Gasteiger partial charge in [0.15, 0.2) is 5.17 Å². The van der Waals surface area contributed by atoms with Gasteiger partial charge in [-0.2, -0.15) is 0 Å². The molecule has 0 unspecified atom stereocenters. The number of halogens is 2. The van der Waals surface area contributed by atoms with Crippen LogP contribution in [0.25, 0.3) is 0 Å². The molecule has 1 rings (SSSR count). The van der Waals surface area contributed by atoms with Crippen LogP contribution in [-0.4, -0.2) is 10.9 Å². The van der Waals surface area contributed by atoms with Gasteiger partial charge in [-0.25, -0.2) is 0 Å². The molecule has 0 amide bonds. The SMILES string of the molecule is Cl.N=C(N)SCCc1ccc(Cl)cc1. The third-order valence-corrected chi connectivity index (χ3v) is 2.53. The van der Waals surface area contributed by atoms with Crippen molar-refractivity contribution >= 4 is 40.9 Å². The molecule has 5 heteroatoms. The molecule has 0 saturated carbocycles. The molecular formula is C9H12Cl2N2S. The zero-order valence-electron chi connectivity index (χ0n) is 7.50. The number of amidine groups is 1. The van der Waals surface area contributed by atoms with Gasteiger partial charge in [0, 0.05) is 10.8 Å². The maximum atomic E-state index is 7.01. The van der Waals surface area contributed by atoms with Gasteiger partial charge in [-0.1, -0.05) is 35.5 Å². The Balaban J connectivity index is 0.00000169. The van der Waals surface area contributed by atoms with E-state index >= 15 is 0 Å².